The summed E-state index contributed by atoms with van der Waals surface area (Å²) < 4.78 is 5.59. The van der Waals surface area contributed by atoms with Crippen molar-refractivity contribution in [2.24, 2.45) is 5.73 Å². The second-order valence-corrected chi connectivity index (χ2v) is 5.90. The minimum absolute atomic E-state index is 0.384. The molecule has 0 atom stereocenters. The van der Waals surface area contributed by atoms with Gasteiger partial charge >= 0.3 is 0 Å². The fraction of sp³-hybridized carbons (Fsp3) is 0.733. The number of rotatable bonds is 5. The van der Waals surface area contributed by atoms with Crippen LogP contribution in [0.3, 0.4) is 0 Å². The Bertz CT molecular complexity index is 395. The van der Waals surface area contributed by atoms with Crippen LogP contribution in [0.5, 0.6) is 0 Å². The number of hydrogen-bond donors (Lipinski definition) is 2. The molecule has 0 aromatic carbocycles. The first-order valence-corrected chi connectivity index (χ1v) is 7.20. The summed E-state index contributed by atoms with van der Waals surface area (Å²) in [6.45, 7) is 3.36. The number of aliphatic hydroxyl groups is 1. The Kier molecular flexibility index (Phi) is 4.66. The maximum Gasteiger partial charge on any atom is 0.105 e. The molecule has 1 saturated carbocycles. The van der Waals surface area contributed by atoms with Crippen molar-refractivity contribution in [1.82, 2.24) is 4.90 Å². The van der Waals surface area contributed by atoms with Gasteiger partial charge in [0.25, 0.3) is 0 Å². The van der Waals surface area contributed by atoms with Gasteiger partial charge in [-0.2, -0.15) is 0 Å². The van der Waals surface area contributed by atoms with Crippen LogP contribution in [0.15, 0.2) is 16.5 Å². The molecule has 1 aromatic rings. The molecule has 1 aliphatic carbocycles. The summed E-state index contributed by atoms with van der Waals surface area (Å²) in [5.41, 5.74) is 5.00. The number of hydrogen-bond acceptors (Lipinski definition) is 4. The standard InChI is InChI=1S/C15H26N2O2/c1-12-3-4-14(19-12)7-10-17(2)13-5-8-15(18,11-16)9-6-13/h3-4,13,18H,5-11,16H2,1-2H3. The van der Waals surface area contributed by atoms with Gasteiger partial charge < -0.3 is 20.2 Å². The lowest BCUT2D eigenvalue weighted by Gasteiger charge is -2.39. The largest absolute Gasteiger partial charge is 0.466 e. The van der Waals surface area contributed by atoms with Crippen molar-refractivity contribution in [3.05, 3.63) is 23.7 Å². The molecular formula is C15H26N2O2. The van der Waals surface area contributed by atoms with E-state index in [2.05, 4.69) is 18.0 Å². The quantitative estimate of drug-likeness (QED) is 0.851. The summed E-state index contributed by atoms with van der Waals surface area (Å²) in [6, 6.07) is 4.62. The van der Waals surface area contributed by atoms with Gasteiger partial charge in [-0.15, -0.1) is 0 Å². The zero-order chi connectivity index (χ0) is 13.9. The predicted molar refractivity (Wildman–Crippen MR) is 76.0 cm³/mol. The molecule has 1 fully saturated rings. The normalized spacial score (nSPS) is 27.9. The van der Waals surface area contributed by atoms with Crippen LogP contribution in [0, 0.1) is 6.92 Å². The SMILES string of the molecule is Cc1ccc(CCN(C)C2CCC(O)(CN)CC2)o1. The van der Waals surface area contributed by atoms with Gasteiger partial charge in [0.15, 0.2) is 0 Å². The van der Waals surface area contributed by atoms with E-state index < -0.39 is 5.60 Å². The molecule has 0 amide bonds. The van der Waals surface area contributed by atoms with E-state index in [4.69, 9.17) is 10.2 Å². The highest BCUT2D eigenvalue weighted by Crippen LogP contribution is 2.29. The molecule has 19 heavy (non-hydrogen) atoms. The van der Waals surface area contributed by atoms with E-state index in [0.717, 1.165) is 50.2 Å². The van der Waals surface area contributed by atoms with Gasteiger partial charge in [0.05, 0.1) is 5.60 Å². The molecule has 0 aliphatic heterocycles. The van der Waals surface area contributed by atoms with Gasteiger partial charge in [-0.25, -0.2) is 0 Å². The Morgan fingerprint density at radius 2 is 2.11 bits per heavy atom. The molecule has 0 unspecified atom stereocenters. The molecule has 0 spiro atoms. The average molecular weight is 266 g/mol. The Balaban J connectivity index is 1.77. The summed E-state index contributed by atoms with van der Waals surface area (Å²) in [7, 11) is 2.16. The summed E-state index contributed by atoms with van der Waals surface area (Å²) >= 11 is 0. The van der Waals surface area contributed by atoms with Gasteiger partial charge in [-0.1, -0.05) is 0 Å². The van der Waals surface area contributed by atoms with Gasteiger partial charge in [-0.3, -0.25) is 0 Å². The molecule has 108 valence electrons. The highest BCUT2D eigenvalue weighted by atomic mass is 16.3. The van der Waals surface area contributed by atoms with Crippen LogP contribution in [0.4, 0.5) is 0 Å². The van der Waals surface area contributed by atoms with Crippen molar-refractivity contribution in [2.45, 2.75) is 50.7 Å². The fourth-order valence-corrected chi connectivity index (χ4v) is 2.87. The second-order valence-electron chi connectivity index (χ2n) is 5.90. The number of nitrogens with zero attached hydrogens (tertiary/aromatic N) is 1. The average Bonchev–Trinajstić information content (AvgIpc) is 2.83. The van der Waals surface area contributed by atoms with Gasteiger partial charge in [0.1, 0.15) is 11.5 Å². The lowest BCUT2D eigenvalue weighted by atomic mass is 9.82. The molecule has 0 bridgehead atoms. The summed E-state index contributed by atoms with van der Waals surface area (Å²) in [6.07, 6.45) is 4.64. The number of aryl methyl sites for hydroxylation is 1. The lowest BCUT2D eigenvalue weighted by Crippen LogP contribution is -2.46. The van der Waals surface area contributed by atoms with Gasteiger partial charge in [0.2, 0.25) is 0 Å². The van der Waals surface area contributed by atoms with E-state index >= 15 is 0 Å². The Morgan fingerprint density at radius 1 is 1.42 bits per heavy atom. The number of nitrogens with two attached hydrogens (primary N) is 1. The predicted octanol–water partition coefficient (Wildman–Crippen LogP) is 1.69. The molecule has 1 heterocycles. The smallest absolute Gasteiger partial charge is 0.105 e. The summed E-state index contributed by atoms with van der Waals surface area (Å²) in [5, 5.41) is 10.1. The van der Waals surface area contributed by atoms with Crippen molar-refractivity contribution in [2.75, 3.05) is 20.1 Å². The number of likely N-dealkylation sites (N-methyl/N-ethyl adjacent to an activating group) is 1. The Hall–Kier alpha value is -0.840. The maximum atomic E-state index is 10.1. The molecule has 3 N–H and O–H groups in total. The van der Waals surface area contributed by atoms with Crippen LogP contribution >= 0.6 is 0 Å². The van der Waals surface area contributed by atoms with Crippen molar-refractivity contribution in [3.8, 4) is 0 Å². The van der Waals surface area contributed by atoms with Crippen LogP contribution < -0.4 is 5.73 Å². The third-order valence-electron chi connectivity index (χ3n) is 4.40. The molecule has 4 nitrogen and oxygen atoms in total. The van der Waals surface area contributed by atoms with E-state index in [1.165, 1.54) is 0 Å². The molecule has 4 heteroatoms. The first-order valence-electron chi connectivity index (χ1n) is 7.20. The van der Waals surface area contributed by atoms with Crippen LogP contribution in [0.1, 0.15) is 37.2 Å². The van der Waals surface area contributed by atoms with Gasteiger partial charge in [-0.05, 0) is 51.8 Å². The number of furan rings is 1. The molecular weight excluding hydrogens is 240 g/mol. The van der Waals surface area contributed by atoms with E-state index in [0.29, 0.717) is 12.6 Å². The lowest BCUT2D eigenvalue weighted by molar-refractivity contribution is -0.00936. The third-order valence-corrected chi connectivity index (χ3v) is 4.40. The van der Waals surface area contributed by atoms with E-state index in [9.17, 15) is 5.11 Å². The summed E-state index contributed by atoms with van der Waals surface area (Å²) in [5.74, 6) is 2.03. The summed E-state index contributed by atoms with van der Waals surface area (Å²) in [4.78, 5) is 2.38. The van der Waals surface area contributed by atoms with E-state index in [-0.39, 0.29) is 0 Å². The van der Waals surface area contributed by atoms with Crippen molar-refractivity contribution < 1.29 is 9.52 Å². The monoisotopic (exact) mass is 266 g/mol. The Morgan fingerprint density at radius 3 is 2.63 bits per heavy atom. The van der Waals surface area contributed by atoms with Crippen LogP contribution in [0.25, 0.3) is 0 Å². The third kappa shape index (κ3) is 3.81. The first-order chi connectivity index (χ1) is 9.02. The first kappa shape index (κ1) is 14.6. The molecule has 0 saturated heterocycles. The van der Waals surface area contributed by atoms with Crippen LogP contribution in [0.2, 0.25) is 0 Å². The highest BCUT2D eigenvalue weighted by Gasteiger charge is 2.33. The highest BCUT2D eigenvalue weighted by molar-refractivity contribution is 5.05. The van der Waals surface area contributed by atoms with Crippen molar-refractivity contribution >= 4 is 0 Å². The van der Waals surface area contributed by atoms with Gasteiger partial charge in [0, 0.05) is 25.6 Å². The second kappa shape index (κ2) is 6.07. The topological polar surface area (TPSA) is 62.6 Å². The minimum Gasteiger partial charge on any atom is -0.466 e. The van der Waals surface area contributed by atoms with Crippen molar-refractivity contribution in [3.63, 3.8) is 0 Å². The Labute approximate surface area is 115 Å². The molecule has 1 aromatic heterocycles. The van der Waals surface area contributed by atoms with Crippen LogP contribution in [-0.4, -0.2) is 41.8 Å². The zero-order valence-electron chi connectivity index (χ0n) is 12.1. The fourth-order valence-electron chi connectivity index (χ4n) is 2.87. The zero-order valence-corrected chi connectivity index (χ0v) is 12.1. The van der Waals surface area contributed by atoms with Crippen molar-refractivity contribution in [1.29, 1.82) is 0 Å². The molecule has 0 radical (unpaired) electrons. The van der Waals surface area contributed by atoms with E-state index in [1.54, 1.807) is 0 Å². The van der Waals surface area contributed by atoms with E-state index in [1.807, 2.05) is 13.0 Å². The molecule has 2 rings (SSSR count). The molecule has 1 aliphatic rings. The minimum atomic E-state index is -0.616. The van der Waals surface area contributed by atoms with Crippen LogP contribution in [-0.2, 0) is 6.42 Å². The maximum absolute atomic E-state index is 10.1.